The van der Waals surface area contributed by atoms with Crippen molar-refractivity contribution in [2.45, 2.75) is 5.16 Å². The van der Waals surface area contributed by atoms with Gasteiger partial charge in [0, 0.05) is 19.2 Å². The van der Waals surface area contributed by atoms with E-state index in [0.29, 0.717) is 46.6 Å². The maximum atomic E-state index is 12.4. The fourth-order valence-electron chi connectivity index (χ4n) is 2.86. The lowest BCUT2D eigenvalue weighted by atomic mass is 10.3. The molecule has 4 aromatic rings. The number of anilines is 1. The molecule has 0 bridgehead atoms. The summed E-state index contributed by atoms with van der Waals surface area (Å²) in [5, 5.41) is 12.2. The van der Waals surface area contributed by atoms with Crippen molar-refractivity contribution in [3.63, 3.8) is 0 Å². The van der Waals surface area contributed by atoms with E-state index in [4.69, 9.17) is 13.9 Å². The van der Waals surface area contributed by atoms with E-state index in [0.717, 1.165) is 10.2 Å². The van der Waals surface area contributed by atoms with Crippen LogP contribution in [0.2, 0.25) is 0 Å². The number of thiazole rings is 1. The molecule has 4 heterocycles. The summed E-state index contributed by atoms with van der Waals surface area (Å²) in [5.74, 6) is 2.63. The summed E-state index contributed by atoms with van der Waals surface area (Å²) in [5.41, 5.74) is 0.763. The number of benzene rings is 1. The van der Waals surface area contributed by atoms with E-state index in [1.165, 1.54) is 23.1 Å². The summed E-state index contributed by atoms with van der Waals surface area (Å²) in [6, 6.07) is 7.32. The highest BCUT2D eigenvalue weighted by Crippen LogP contribution is 2.37. The maximum Gasteiger partial charge on any atom is 0.236 e. The van der Waals surface area contributed by atoms with Gasteiger partial charge < -0.3 is 23.8 Å². The van der Waals surface area contributed by atoms with Crippen molar-refractivity contribution < 1.29 is 18.7 Å². The van der Waals surface area contributed by atoms with Gasteiger partial charge in [0.25, 0.3) is 0 Å². The van der Waals surface area contributed by atoms with Crippen molar-refractivity contribution in [2.24, 2.45) is 7.05 Å². The van der Waals surface area contributed by atoms with Gasteiger partial charge in [0.2, 0.25) is 5.91 Å². The summed E-state index contributed by atoms with van der Waals surface area (Å²) >= 11 is 2.68. The molecule has 0 fully saturated rings. The number of nitrogens with zero attached hydrogens (tertiary/aromatic N) is 4. The number of hydrogen-bond acceptors (Lipinski definition) is 9. The lowest BCUT2D eigenvalue weighted by Crippen LogP contribution is -2.15. The zero-order valence-corrected chi connectivity index (χ0v) is 16.9. The quantitative estimate of drug-likeness (QED) is 0.483. The van der Waals surface area contributed by atoms with Gasteiger partial charge in [-0.2, -0.15) is 0 Å². The zero-order chi connectivity index (χ0) is 19.8. The van der Waals surface area contributed by atoms with Crippen LogP contribution in [0, 0.1) is 0 Å². The molecule has 148 valence electrons. The molecule has 11 heteroatoms. The Kier molecular flexibility index (Phi) is 4.60. The van der Waals surface area contributed by atoms with E-state index in [1.807, 2.05) is 25.2 Å². The molecule has 0 radical (unpaired) electrons. The van der Waals surface area contributed by atoms with Crippen LogP contribution in [0.3, 0.4) is 0 Å². The smallest absolute Gasteiger partial charge is 0.236 e. The van der Waals surface area contributed by atoms with E-state index >= 15 is 0 Å². The number of amides is 1. The number of nitrogens with one attached hydrogen (secondary N) is 1. The van der Waals surface area contributed by atoms with Crippen molar-refractivity contribution in [2.75, 3.05) is 24.3 Å². The van der Waals surface area contributed by atoms with Crippen LogP contribution < -0.4 is 14.8 Å². The zero-order valence-electron chi connectivity index (χ0n) is 15.2. The molecule has 3 aromatic heterocycles. The van der Waals surface area contributed by atoms with E-state index in [1.54, 1.807) is 16.9 Å². The maximum absolute atomic E-state index is 12.4. The second-order valence-electron chi connectivity index (χ2n) is 6.16. The van der Waals surface area contributed by atoms with Crippen LogP contribution in [0.5, 0.6) is 11.5 Å². The highest BCUT2D eigenvalue weighted by atomic mass is 32.2. The number of rotatable bonds is 5. The van der Waals surface area contributed by atoms with Crippen molar-refractivity contribution in [3.8, 4) is 23.1 Å². The monoisotopic (exact) mass is 429 g/mol. The third-order valence-electron chi connectivity index (χ3n) is 4.21. The predicted octanol–water partition coefficient (Wildman–Crippen LogP) is 3.19. The number of furan rings is 1. The Morgan fingerprint density at radius 3 is 2.90 bits per heavy atom. The molecule has 1 aliphatic heterocycles. The molecular weight excluding hydrogens is 414 g/mol. The Labute approximate surface area is 173 Å². The summed E-state index contributed by atoms with van der Waals surface area (Å²) in [7, 11) is 1.83. The normalized spacial score (nSPS) is 13.0. The third-order valence-corrected chi connectivity index (χ3v) is 6.16. The molecule has 1 N–H and O–H groups in total. The molecule has 1 aromatic carbocycles. The van der Waals surface area contributed by atoms with Gasteiger partial charge in [0.15, 0.2) is 33.4 Å². The Balaban J connectivity index is 1.25. The van der Waals surface area contributed by atoms with E-state index in [-0.39, 0.29) is 11.7 Å². The van der Waals surface area contributed by atoms with E-state index < -0.39 is 0 Å². The molecule has 0 spiro atoms. The molecule has 9 nitrogen and oxygen atoms in total. The van der Waals surface area contributed by atoms with Crippen LogP contribution in [0.4, 0.5) is 5.13 Å². The second-order valence-corrected chi connectivity index (χ2v) is 8.14. The first-order valence-electron chi connectivity index (χ1n) is 8.73. The molecule has 0 unspecified atom stereocenters. The summed E-state index contributed by atoms with van der Waals surface area (Å²) in [4.78, 5) is 16.8. The van der Waals surface area contributed by atoms with E-state index in [9.17, 15) is 4.79 Å². The molecule has 0 saturated heterocycles. The minimum absolute atomic E-state index is 0.172. The van der Waals surface area contributed by atoms with Crippen LogP contribution in [0.25, 0.3) is 21.8 Å². The molecule has 0 atom stereocenters. The highest BCUT2D eigenvalue weighted by Gasteiger charge is 2.17. The van der Waals surface area contributed by atoms with Crippen LogP contribution in [0.1, 0.15) is 0 Å². The number of aromatic nitrogens is 4. The van der Waals surface area contributed by atoms with Gasteiger partial charge in [-0.15, -0.1) is 10.2 Å². The van der Waals surface area contributed by atoms with Crippen molar-refractivity contribution in [3.05, 3.63) is 30.5 Å². The van der Waals surface area contributed by atoms with Gasteiger partial charge in [-0.1, -0.05) is 23.1 Å². The lowest BCUT2D eigenvalue weighted by molar-refractivity contribution is -0.113. The number of thioether (sulfide) groups is 1. The van der Waals surface area contributed by atoms with Crippen molar-refractivity contribution in [1.82, 2.24) is 19.7 Å². The first kappa shape index (κ1) is 18.0. The minimum Gasteiger partial charge on any atom is -0.486 e. The largest absolute Gasteiger partial charge is 0.486 e. The number of carbonyl (C=O) groups is 1. The molecule has 1 amide bonds. The minimum atomic E-state index is -0.172. The number of hydrogen-bond donors (Lipinski definition) is 1. The van der Waals surface area contributed by atoms with Crippen LogP contribution in [-0.4, -0.2) is 44.6 Å². The molecule has 0 saturated carbocycles. The topological polar surface area (TPSA) is 104 Å². The fourth-order valence-corrected chi connectivity index (χ4v) is 4.47. The Hall–Kier alpha value is -3.05. The number of carbonyl (C=O) groups excluding carboxylic acids is 1. The first-order chi connectivity index (χ1) is 14.2. The fraction of sp³-hybridized carbons (Fsp3) is 0.222. The average Bonchev–Trinajstić information content (AvgIpc) is 3.44. The van der Waals surface area contributed by atoms with Gasteiger partial charge in [-0.05, 0) is 12.1 Å². The first-order valence-corrected chi connectivity index (χ1v) is 10.5. The Morgan fingerprint density at radius 1 is 1.28 bits per heavy atom. The number of fused-ring (bicyclic) bond motifs is 2. The molecule has 0 aliphatic carbocycles. The van der Waals surface area contributed by atoms with Crippen LogP contribution in [0.15, 0.2) is 40.1 Å². The van der Waals surface area contributed by atoms with Crippen molar-refractivity contribution >= 4 is 44.4 Å². The summed E-state index contributed by atoms with van der Waals surface area (Å²) < 4.78 is 19.2. The Bertz CT molecular complexity index is 1140. The van der Waals surface area contributed by atoms with Gasteiger partial charge in [-0.25, -0.2) is 4.98 Å². The summed E-state index contributed by atoms with van der Waals surface area (Å²) in [6.45, 7) is 1.05. The Morgan fingerprint density at radius 2 is 2.10 bits per heavy atom. The van der Waals surface area contributed by atoms with Gasteiger partial charge in [0.1, 0.15) is 13.2 Å². The van der Waals surface area contributed by atoms with Crippen LogP contribution in [-0.2, 0) is 11.8 Å². The SMILES string of the molecule is Cn1c(SCC(=O)Nc2nc3cc4c(cc3s2)OCCO4)nnc1-c1ccco1. The van der Waals surface area contributed by atoms with Crippen LogP contribution >= 0.6 is 23.1 Å². The van der Waals surface area contributed by atoms with E-state index in [2.05, 4.69) is 20.5 Å². The summed E-state index contributed by atoms with van der Waals surface area (Å²) in [6.07, 6.45) is 1.58. The average molecular weight is 429 g/mol. The molecular formula is C18H15N5O4S2. The molecule has 5 rings (SSSR count). The van der Waals surface area contributed by atoms with Crippen molar-refractivity contribution in [1.29, 1.82) is 0 Å². The predicted molar refractivity (Wildman–Crippen MR) is 109 cm³/mol. The lowest BCUT2D eigenvalue weighted by Gasteiger charge is -2.17. The second kappa shape index (κ2) is 7.41. The van der Waals surface area contributed by atoms with Gasteiger partial charge in [-0.3, -0.25) is 4.79 Å². The number of ether oxygens (including phenoxy) is 2. The van der Waals surface area contributed by atoms with Gasteiger partial charge in [0.05, 0.1) is 22.2 Å². The van der Waals surface area contributed by atoms with Gasteiger partial charge >= 0.3 is 0 Å². The molecule has 29 heavy (non-hydrogen) atoms. The standard InChI is InChI=1S/C18H15N5O4S2/c1-23-16(11-3-2-4-25-11)21-22-18(23)28-9-15(24)20-17-19-10-7-12-13(8-14(10)29-17)27-6-5-26-12/h2-4,7-8H,5-6,9H2,1H3,(H,19,20,24). The highest BCUT2D eigenvalue weighted by molar-refractivity contribution is 7.99. The molecule has 1 aliphatic rings. The third kappa shape index (κ3) is 3.54.